The van der Waals surface area contributed by atoms with Crippen LogP contribution in [0.25, 0.3) is 11.3 Å². The fraction of sp³-hybridized carbons (Fsp3) is 0.353. The molecular formula is C17H15ClF3N3O3. The Morgan fingerprint density at radius 3 is 2.37 bits per heavy atom. The van der Waals surface area contributed by atoms with Gasteiger partial charge in [-0.2, -0.15) is 18.2 Å². The molecule has 0 aliphatic carbocycles. The van der Waals surface area contributed by atoms with Gasteiger partial charge in [0.05, 0.1) is 11.8 Å². The molecule has 0 radical (unpaired) electrons. The van der Waals surface area contributed by atoms with Crippen molar-refractivity contribution < 1.29 is 27.8 Å². The van der Waals surface area contributed by atoms with Crippen molar-refractivity contribution in [1.82, 2.24) is 14.9 Å². The smallest absolute Gasteiger partial charge is 0.416 e. The maximum absolute atomic E-state index is 12.6. The Kier molecular flexibility index (Phi) is 5.41. The van der Waals surface area contributed by atoms with E-state index < -0.39 is 17.8 Å². The first kappa shape index (κ1) is 19.2. The van der Waals surface area contributed by atoms with Crippen molar-refractivity contribution >= 4 is 17.7 Å². The van der Waals surface area contributed by atoms with Gasteiger partial charge in [0.15, 0.2) is 5.15 Å². The van der Waals surface area contributed by atoms with Crippen LogP contribution >= 0.6 is 11.6 Å². The Balaban J connectivity index is 1.68. The molecule has 1 aromatic heterocycles. The van der Waals surface area contributed by atoms with E-state index in [9.17, 15) is 18.0 Å². The van der Waals surface area contributed by atoms with Crippen molar-refractivity contribution in [3.63, 3.8) is 0 Å². The number of hydrogen-bond donors (Lipinski definition) is 1. The predicted octanol–water partition coefficient (Wildman–Crippen LogP) is 4.34. The quantitative estimate of drug-likeness (QED) is 0.828. The molecule has 0 bridgehead atoms. The third-order valence-electron chi connectivity index (χ3n) is 4.19. The molecule has 144 valence electrons. The average molecular weight is 402 g/mol. The van der Waals surface area contributed by atoms with E-state index in [0.29, 0.717) is 31.5 Å². The van der Waals surface area contributed by atoms with E-state index in [0.717, 1.165) is 12.1 Å². The van der Waals surface area contributed by atoms with E-state index >= 15 is 0 Å². The maximum atomic E-state index is 12.6. The predicted molar refractivity (Wildman–Crippen MR) is 90.7 cm³/mol. The zero-order chi connectivity index (χ0) is 19.6. The van der Waals surface area contributed by atoms with Crippen molar-refractivity contribution in [1.29, 1.82) is 0 Å². The summed E-state index contributed by atoms with van der Waals surface area (Å²) in [6, 6.07) is 4.46. The van der Waals surface area contributed by atoms with Crippen LogP contribution in [0.15, 0.2) is 30.5 Å². The summed E-state index contributed by atoms with van der Waals surface area (Å²) in [6.07, 6.45) is -3.19. The summed E-state index contributed by atoms with van der Waals surface area (Å²) < 4.78 is 43.6. The lowest BCUT2D eigenvalue weighted by Gasteiger charge is -2.29. The molecule has 1 aliphatic heterocycles. The lowest BCUT2D eigenvalue weighted by molar-refractivity contribution is -0.137. The molecule has 27 heavy (non-hydrogen) atoms. The summed E-state index contributed by atoms with van der Waals surface area (Å²) in [6.45, 7) is 0.732. The molecule has 6 nitrogen and oxygen atoms in total. The molecule has 1 N–H and O–H groups in total. The van der Waals surface area contributed by atoms with Gasteiger partial charge in [-0.1, -0.05) is 23.7 Å². The number of aromatic nitrogens is 2. The molecule has 1 saturated heterocycles. The van der Waals surface area contributed by atoms with E-state index in [2.05, 4.69) is 9.97 Å². The number of rotatable bonds is 3. The monoisotopic (exact) mass is 401 g/mol. The van der Waals surface area contributed by atoms with Crippen LogP contribution < -0.4 is 4.74 Å². The van der Waals surface area contributed by atoms with Crippen molar-refractivity contribution in [2.75, 3.05) is 13.1 Å². The number of hydrogen-bond acceptors (Lipinski definition) is 4. The molecule has 1 aromatic carbocycles. The zero-order valence-electron chi connectivity index (χ0n) is 13.9. The van der Waals surface area contributed by atoms with Crippen molar-refractivity contribution in [3.8, 4) is 17.1 Å². The third kappa shape index (κ3) is 4.60. The highest BCUT2D eigenvalue weighted by atomic mass is 35.5. The molecule has 0 saturated carbocycles. The van der Waals surface area contributed by atoms with E-state index in [1.807, 2.05) is 0 Å². The third-order valence-corrected chi connectivity index (χ3v) is 4.46. The van der Waals surface area contributed by atoms with Gasteiger partial charge >= 0.3 is 12.3 Å². The maximum Gasteiger partial charge on any atom is 0.416 e. The molecule has 0 atom stereocenters. The van der Waals surface area contributed by atoms with Gasteiger partial charge in [-0.25, -0.2) is 9.78 Å². The van der Waals surface area contributed by atoms with Gasteiger partial charge in [-0.05, 0) is 12.1 Å². The van der Waals surface area contributed by atoms with Crippen LogP contribution in [0.1, 0.15) is 18.4 Å². The SMILES string of the molecule is O=C(O)N1CCC(Oc2cnc(-c3ccc(C(F)(F)F)cc3)c(Cl)n2)CC1. The van der Waals surface area contributed by atoms with Crippen LogP contribution in [0.5, 0.6) is 5.88 Å². The molecular weight excluding hydrogens is 387 g/mol. The van der Waals surface area contributed by atoms with Gasteiger partial charge in [0, 0.05) is 31.5 Å². The molecule has 0 unspecified atom stereocenters. The van der Waals surface area contributed by atoms with Crippen LogP contribution in [0, 0.1) is 0 Å². The highest BCUT2D eigenvalue weighted by molar-refractivity contribution is 6.31. The number of halogens is 4. The minimum atomic E-state index is -4.41. The minimum absolute atomic E-state index is 0.00947. The Morgan fingerprint density at radius 2 is 1.85 bits per heavy atom. The second-order valence-corrected chi connectivity index (χ2v) is 6.37. The number of carbonyl (C=O) groups is 1. The molecule has 0 spiro atoms. The highest BCUT2D eigenvalue weighted by Gasteiger charge is 2.30. The summed E-state index contributed by atoms with van der Waals surface area (Å²) in [4.78, 5) is 20.4. The van der Waals surface area contributed by atoms with Gasteiger partial charge in [-0.15, -0.1) is 0 Å². The van der Waals surface area contributed by atoms with E-state index in [4.69, 9.17) is 21.4 Å². The van der Waals surface area contributed by atoms with Crippen molar-refractivity contribution in [2.24, 2.45) is 0 Å². The largest absolute Gasteiger partial charge is 0.473 e. The lowest BCUT2D eigenvalue weighted by atomic mass is 10.1. The average Bonchev–Trinajstić information content (AvgIpc) is 2.62. The van der Waals surface area contributed by atoms with Crippen molar-refractivity contribution in [3.05, 3.63) is 41.2 Å². The van der Waals surface area contributed by atoms with Crippen molar-refractivity contribution in [2.45, 2.75) is 25.1 Å². The Bertz CT molecular complexity index is 822. The summed E-state index contributed by atoms with van der Waals surface area (Å²) in [7, 11) is 0. The Labute approximate surface area is 157 Å². The second kappa shape index (κ2) is 7.59. The molecule has 1 fully saturated rings. The van der Waals surface area contributed by atoms with Crippen LogP contribution in [0.4, 0.5) is 18.0 Å². The number of benzene rings is 1. The molecule has 1 aliphatic rings. The van der Waals surface area contributed by atoms with Crippen LogP contribution in [0.3, 0.4) is 0 Å². The summed E-state index contributed by atoms with van der Waals surface area (Å²) in [5.74, 6) is 0.185. The number of alkyl halides is 3. The van der Waals surface area contributed by atoms with E-state index in [-0.39, 0.29) is 22.8 Å². The van der Waals surface area contributed by atoms with E-state index in [1.54, 1.807) is 0 Å². The lowest BCUT2D eigenvalue weighted by Crippen LogP contribution is -2.41. The first-order valence-corrected chi connectivity index (χ1v) is 8.46. The van der Waals surface area contributed by atoms with Crippen LogP contribution in [0.2, 0.25) is 5.15 Å². The number of nitrogens with zero attached hydrogens (tertiary/aromatic N) is 3. The first-order valence-electron chi connectivity index (χ1n) is 8.09. The van der Waals surface area contributed by atoms with E-state index in [1.165, 1.54) is 23.2 Å². The number of amides is 1. The van der Waals surface area contributed by atoms with Gasteiger partial charge < -0.3 is 14.7 Å². The van der Waals surface area contributed by atoms with Gasteiger partial charge in [0.25, 0.3) is 0 Å². The second-order valence-electron chi connectivity index (χ2n) is 6.01. The summed E-state index contributed by atoms with van der Waals surface area (Å²) >= 11 is 6.11. The fourth-order valence-electron chi connectivity index (χ4n) is 2.75. The standard InChI is InChI=1S/C17H15ClF3N3O3/c18-15-14(10-1-3-11(4-2-10)17(19,20)21)22-9-13(23-15)27-12-5-7-24(8-6-12)16(25)26/h1-4,9,12H,5-8H2,(H,25,26). The Morgan fingerprint density at radius 1 is 1.22 bits per heavy atom. The topological polar surface area (TPSA) is 75.5 Å². The first-order chi connectivity index (χ1) is 12.7. The molecule has 3 rings (SSSR count). The van der Waals surface area contributed by atoms with Crippen LogP contribution in [-0.2, 0) is 6.18 Å². The zero-order valence-corrected chi connectivity index (χ0v) is 14.7. The summed E-state index contributed by atoms with van der Waals surface area (Å²) in [5.41, 5.74) is -0.108. The fourth-order valence-corrected chi connectivity index (χ4v) is 3.00. The number of piperidine rings is 1. The Hall–Kier alpha value is -2.55. The highest BCUT2D eigenvalue weighted by Crippen LogP contribution is 2.32. The molecule has 2 heterocycles. The molecule has 10 heteroatoms. The normalized spacial score (nSPS) is 15.6. The molecule has 2 aromatic rings. The van der Waals surface area contributed by atoms with Crippen LogP contribution in [-0.4, -0.2) is 45.3 Å². The van der Waals surface area contributed by atoms with Gasteiger partial charge in [0.1, 0.15) is 11.8 Å². The minimum Gasteiger partial charge on any atom is -0.473 e. The summed E-state index contributed by atoms with van der Waals surface area (Å²) in [5, 5.41) is 8.94. The molecule has 1 amide bonds. The number of carboxylic acid groups (broad SMARTS) is 1. The van der Waals surface area contributed by atoms with Gasteiger partial charge in [-0.3, -0.25) is 0 Å². The number of ether oxygens (including phenoxy) is 1. The van der Waals surface area contributed by atoms with Gasteiger partial charge in [0.2, 0.25) is 5.88 Å². The number of likely N-dealkylation sites (tertiary alicyclic amines) is 1.